The van der Waals surface area contributed by atoms with Gasteiger partial charge < -0.3 is 15.4 Å². The third kappa shape index (κ3) is 5.19. The standard InChI is InChI=1S/C16H14F3N3O5S/c1-27-15(24)14-11(5-7-28-14)21-13(23)4-6-20-10-3-2-9(16(17,18)19)8-12(10)22(25)26/h2-3,5,7-8,20H,4,6H2,1H3,(H,21,23). The van der Waals surface area contributed by atoms with Crippen molar-refractivity contribution in [1.82, 2.24) is 0 Å². The molecule has 2 N–H and O–H groups in total. The van der Waals surface area contributed by atoms with Gasteiger partial charge >= 0.3 is 12.1 Å². The molecule has 2 rings (SSSR count). The fraction of sp³-hybridized carbons (Fsp3) is 0.250. The minimum absolute atomic E-state index is 0.0737. The molecular weight excluding hydrogens is 403 g/mol. The first-order valence-electron chi connectivity index (χ1n) is 7.68. The van der Waals surface area contributed by atoms with Gasteiger partial charge in [-0.05, 0) is 23.6 Å². The number of nitrogens with one attached hydrogen (secondary N) is 2. The molecule has 0 bridgehead atoms. The van der Waals surface area contributed by atoms with E-state index in [1.807, 2.05) is 0 Å². The van der Waals surface area contributed by atoms with Gasteiger partial charge in [0, 0.05) is 19.0 Å². The average molecular weight is 417 g/mol. The van der Waals surface area contributed by atoms with E-state index < -0.39 is 34.2 Å². The molecule has 8 nitrogen and oxygen atoms in total. The molecule has 1 heterocycles. The van der Waals surface area contributed by atoms with Gasteiger partial charge in [0.15, 0.2) is 0 Å². The van der Waals surface area contributed by atoms with Crippen molar-refractivity contribution in [1.29, 1.82) is 0 Å². The van der Waals surface area contributed by atoms with E-state index in [4.69, 9.17) is 0 Å². The van der Waals surface area contributed by atoms with E-state index >= 15 is 0 Å². The van der Waals surface area contributed by atoms with Gasteiger partial charge in [0.25, 0.3) is 5.69 Å². The smallest absolute Gasteiger partial charge is 0.416 e. The number of amides is 1. The van der Waals surface area contributed by atoms with E-state index in [2.05, 4.69) is 15.4 Å². The summed E-state index contributed by atoms with van der Waals surface area (Å²) < 4.78 is 42.7. The number of esters is 1. The number of rotatable bonds is 7. The highest BCUT2D eigenvalue weighted by Crippen LogP contribution is 2.35. The molecule has 12 heteroatoms. The Kier molecular flexibility index (Phi) is 6.57. The number of hydrogen-bond donors (Lipinski definition) is 2. The SMILES string of the molecule is COC(=O)c1sccc1NC(=O)CCNc1ccc(C(F)(F)F)cc1[N+](=O)[O-]. The van der Waals surface area contributed by atoms with Gasteiger partial charge in [0.1, 0.15) is 10.6 Å². The number of carbonyl (C=O) groups excluding carboxylic acids is 2. The second-order valence-electron chi connectivity index (χ2n) is 5.37. The minimum Gasteiger partial charge on any atom is -0.465 e. The molecule has 1 amide bonds. The van der Waals surface area contributed by atoms with Crippen molar-refractivity contribution in [2.24, 2.45) is 0 Å². The van der Waals surface area contributed by atoms with Crippen molar-refractivity contribution in [2.45, 2.75) is 12.6 Å². The van der Waals surface area contributed by atoms with E-state index in [0.29, 0.717) is 12.1 Å². The largest absolute Gasteiger partial charge is 0.465 e. The Morgan fingerprint density at radius 2 is 1.96 bits per heavy atom. The Hall–Kier alpha value is -3.15. The average Bonchev–Trinajstić information content (AvgIpc) is 3.08. The van der Waals surface area contributed by atoms with E-state index in [1.54, 1.807) is 5.38 Å². The summed E-state index contributed by atoms with van der Waals surface area (Å²) >= 11 is 1.08. The number of nitro groups is 1. The number of carbonyl (C=O) groups is 2. The fourth-order valence-corrected chi connectivity index (χ4v) is 2.96. The minimum atomic E-state index is -4.71. The Morgan fingerprint density at radius 3 is 2.57 bits per heavy atom. The monoisotopic (exact) mass is 417 g/mol. The van der Waals surface area contributed by atoms with Gasteiger partial charge in [0.05, 0.1) is 23.3 Å². The predicted octanol–water partition coefficient (Wildman–Crippen LogP) is 3.90. The highest BCUT2D eigenvalue weighted by molar-refractivity contribution is 7.12. The van der Waals surface area contributed by atoms with Crippen LogP contribution in [-0.2, 0) is 15.7 Å². The molecule has 1 aromatic carbocycles. The van der Waals surface area contributed by atoms with Crippen LogP contribution in [0.1, 0.15) is 21.7 Å². The van der Waals surface area contributed by atoms with Crippen LogP contribution in [-0.4, -0.2) is 30.5 Å². The number of nitrogens with zero attached hydrogens (tertiary/aromatic N) is 1. The van der Waals surface area contributed by atoms with Crippen molar-refractivity contribution < 1.29 is 32.4 Å². The molecule has 0 unspecified atom stereocenters. The summed E-state index contributed by atoms with van der Waals surface area (Å²) in [5, 5.41) is 17.7. The van der Waals surface area contributed by atoms with Crippen LogP contribution in [0.2, 0.25) is 0 Å². The summed E-state index contributed by atoms with van der Waals surface area (Å²) in [6, 6.07) is 3.59. The maximum absolute atomic E-state index is 12.7. The summed E-state index contributed by atoms with van der Waals surface area (Å²) in [5.74, 6) is -1.10. The van der Waals surface area contributed by atoms with Gasteiger partial charge in [0.2, 0.25) is 5.91 Å². The van der Waals surface area contributed by atoms with Crippen molar-refractivity contribution in [3.05, 3.63) is 50.2 Å². The molecule has 0 fully saturated rings. The number of ether oxygens (including phenoxy) is 1. The molecule has 1 aromatic heterocycles. The molecule has 0 spiro atoms. The van der Waals surface area contributed by atoms with Gasteiger partial charge in [-0.25, -0.2) is 4.79 Å². The molecule has 2 aromatic rings. The first-order chi connectivity index (χ1) is 13.1. The predicted molar refractivity (Wildman–Crippen MR) is 95.5 cm³/mol. The Balaban J connectivity index is 1.99. The van der Waals surface area contributed by atoms with Crippen molar-refractivity contribution in [2.75, 3.05) is 24.3 Å². The molecule has 0 aliphatic rings. The maximum Gasteiger partial charge on any atom is 0.416 e. The van der Waals surface area contributed by atoms with Crippen molar-refractivity contribution in [3.63, 3.8) is 0 Å². The van der Waals surface area contributed by atoms with Crippen LogP contribution in [0.15, 0.2) is 29.6 Å². The third-order valence-electron chi connectivity index (χ3n) is 3.50. The molecule has 0 saturated heterocycles. The first-order valence-corrected chi connectivity index (χ1v) is 8.56. The van der Waals surface area contributed by atoms with Gasteiger partial charge in [-0.1, -0.05) is 0 Å². The summed E-state index contributed by atoms with van der Waals surface area (Å²) in [6.45, 7) is -0.0737. The van der Waals surface area contributed by atoms with Crippen LogP contribution in [0, 0.1) is 10.1 Å². The lowest BCUT2D eigenvalue weighted by molar-refractivity contribution is -0.384. The highest BCUT2D eigenvalue weighted by atomic mass is 32.1. The van der Waals surface area contributed by atoms with E-state index in [-0.39, 0.29) is 29.2 Å². The quantitative estimate of drug-likeness (QED) is 0.402. The number of thiophene rings is 1. The molecule has 150 valence electrons. The molecule has 0 aliphatic heterocycles. The fourth-order valence-electron chi connectivity index (χ4n) is 2.19. The number of benzene rings is 1. The Bertz CT molecular complexity index is 898. The molecule has 0 radical (unpaired) electrons. The summed E-state index contributed by atoms with van der Waals surface area (Å²) in [7, 11) is 1.20. The topological polar surface area (TPSA) is 111 Å². The number of methoxy groups -OCH3 is 1. The van der Waals surface area contributed by atoms with Crippen LogP contribution in [0.5, 0.6) is 0 Å². The number of alkyl halides is 3. The second kappa shape index (κ2) is 8.69. The van der Waals surface area contributed by atoms with Crippen LogP contribution in [0.3, 0.4) is 0 Å². The third-order valence-corrected chi connectivity index (χ3v) is 4.39. The zero-order valence-electron chi connectivity index (χ0n) is 14.3. The Labute approximate surface area is 160 Å². The number of anilines is 2. The second-order valence-corrected chi connectivity index (χ2v) is 6.28. The van der Waals surface area contributed by atoms with Crippen molar-refractivity contribution >= 4 is 40.3 Å². The van der Waals surface area contributed by atoms with Crippen LogP contribution >= 0.6 is 11.3 Å². The Morgan fingerprint density at radius 1 is 1.25 bits per heavy atom. The molecule has 0 saturated carbocycles. The van der Waals surface area contributed by atoms with E-state index in [1.165, 1.54) is 13.2 Å². The zero-order valence-corrected chi connectivity index (χ0v) is 15.1. The lowest BCUT2D eigenvalue weighted by Crippen LogP contribution is -2.18. The van der Waals surface area contributed by atoms with Gasteiger partial charge in [-0.15, -0.1) is 11.3 Å². The maximum atomic E-state index is 12.7. The van der Waals surface area contributed by atoms with E-state index in [0.717, 1.165) is 17.4 Å². The summed E-state index contributed by atoms with van der Waals surface area (Å²) in [6.07, 6.45) is -4.85. The molecule has 0 atom stereocenters. The summed E-state index contributed by atoms with van der Waals surface area (Å²) in [5.41, 5.74) is -1.77. The number of nitro benzene ring substituents is 1. The normalized spacial score (nSPS) is 11.0. The molecule has 28 heavy (non-hydrogen) atoms. The number of halogens is 3. The summed E-state index contributed by atoms with van der Waals surface area (Å²) in [4.78, 5) is 33.8. The van der Waals surface area contributed by atoms with Crippen LogP contribution in [0.4, 0.5) is 30.2 Å². The van der Waals surface area contributed by atoms with Gasteiger partial charge in [-0.2, -0.15) is 13.2 Å². The zero-order chi connectivity index (χ0) is 20.9. The van der Waals surface area contributed by atoms with E-state index in [9.17, 15) is 32.9 Å². The van der Waals surface area contributed by atoms with Crippen LogP contribution < -0.4 is 10.6 Å². The van der Waals surface area contributed by atoms with Crippen LogP contribution in [0.25, 0.3) is 0 Å². The molecule has 0 aliphatic carbocycles. The number of hydrogen-bond acceptors (Lipinski definition) is 7. The molecular formula is C16H14F3N3O5S. The first kappa shape index (κ1) is 21.2. The van der Waals surface area contributed by atoms with Crippen molar-refractivity contribution in [3.8, 4) is 0 Å². The lowest BCUT2D eigenvalue weighted by atomic mass is 10.1. The lowest BCUT2D eigenvalue weighted by Gasteiger charge is -2.11. The van der Waals surface area contributed by atoms with Gasteiger partial charge in [-0.3, -0.25) is 14.9 Å². The highest BCUT2D eigenvalue weighted by Gasteiger charge is 2.33.